The quantitative estimate of drug-likeness (QED) is 0.213. The Morgan fingerprint density at radius 1 is 1.26 bits per heavy atom. The molecule has 2 heterocycles. The summed E-state index contributed by atoms with van der Waals surface area (Å²) < 4.78 is 5.04. The van der Waals surface area contributed by atoms with E-state index in [0.717, 1.165) is 37.9 Å². The van der Waals surface area contributed by atoms with E-state index in [1.807, 2.05) is 12.3 Å². The van der Waals surface area contributed by atoms with E-state index >= 15 is 0 Å². The zero-order chi connectivity index (χ0) is 24.9. The van der Waals surface area contributed by atoms with Crippen LogP contribution in [-0.2, 0) is 25.8 Å². The molecule has 0 aromatic heterocycles. The van der Waals surface area contributed by atoms with Crippen LogP contribution in [0.2, 0.25) is 0 Å². The Hall–Kier alpha value is -3.06. The van der Waals surface area contributed by atoms with E-state index in [1.54, 1.807) is 24.3 Å². The normalized spacial score (nSPS) is 22.3. The van der Waals surface area contributed by atoms with Crippen LogP contribution in [0.5, 0.6) is 0 Å². The average Bonchev–Trinajstić information content (AvgIpc) is 3.31. The molecule has 12 nitrogen and oxygen atoms in total. The van der Waals surface area contributed by atoms with Gasteiger partial charge in [0.15, 0.2) is 6.29 Å². The van der Waals surface area contributed by atoms with Gasteiger partial charge in [-0.1, -0.05) is 30.3 Å². The number of nitrogens with one attached hydrogen (secondary N) is 5. The largest absolute Gasteiger partial charge is 0.480 e. The van der Waals surface area contributed by atoms with E-state index < -0.39 is 18.1 Å². The summed E-state index contributed by atoms with van der Waals surface area (Å²) in [6, 6.07) is 7.85. The van der Waals surface area contributed by atoms with Crippen molar-refractivity contribution in [2.24, 2.45) is 4.99 Å². The van der Waals surface area contributed by atoms with E-state index in [4.69, 9.17) is 9.57 Å². The average molecular weight is 491 g/mol. The van der Waals surface area contributed by atoms with Gasteiger partial charge in [-0.3, -0.25) is 25.3 Å². The minimum atomic E-state index is -1.31. The summed E-state index contributed by atoms with van der Waals surface area (Å²) in [5.74, 6) is -1.63. The minimum absolute atomic E-state index is 0.0139. The number of benzene rings is 1. The number of carboxylic acid groups (broad SMARTS) is 1. The third-order valence-corrected chi connectivity index (χ3v) is 5.60. The molecular formula is C23H34N6O6. The molecular weight excluding hydrogens is 456 g/mol. The molecule has 0 saturated carbocycles. The van der Waals surface area contributed by atoms with E-state index in [9.17, 15) is 19.5 Å². The summed E-state index contributed by atoms with van der Waals surface area (Å²) in [5.41, 5.74) is 3.74. The second-order valence-electron chi connectivity index (χ2n) is 8.47. The highest BCUT2D eigenvalue weighted by atomic mass is 16.7. The molecule has 0 bridgehead atoms. The van der Waals surface area contributed by atoms with Crippen molar-refractivity contribution in [1.82, 2.24) is 26.7 Å². The predicted octanol–water partition coefficient (Wildman–Crippen LogP) is 0.252. The van der Waals surface area contributed by atoms with Gasteiger partial charge < -0.3 is 20.5 Å². The van der Waals surface area contributed by atoms with Gasteiger partial charge in [0.1, 0.15) is 12.6 Å². The fourth-order valence-electron chi connectivity index (χ4n) is 3.74. The van der Waals surface area contributed by atoms with Gasteiger partial charge in [-0.15, -0.1) is 0 Å². The Labute approximate surface area is 204 Å². The van der Waals surface area contributed by atoms with Crippen molar-refractivity contribution in [2.45, 2.75) is 63.2 Å². The molecule has 35 heavy (non-hydrogen) atoms. The highest BCUT2D eigenvalue weighted by molar-refractivity contribution is 5.82. The number of carbonyl (C=O) groups excluding carboxylic acids is 2. The number of aliphatic imine (C=N–C) groups is 1. The maximum Gasteiger partial charge on any atom is 0.408 e. The molecule has 2 aliphatic heterocycles. The predicted molar refractivity (Wildman–Crippen MR) is 127 cm³/mol. The van der Waals surface area contributed by atoms with Gasteiger partial charge in [-0.25, -0.2) is 9.59 Å². The third kappa shape index (κ3) is 9.99. The summed E-state index contributed by atoms with van der Waals surface area (Å²) in [6.45, 7) is 1.49. The van der Waals surface area contributed by atoms with Crippen LogP contribution in [0.25, 0.3) is 0 Å². The first-order valence-electron chi connectivity index (χ1n) is 11.9. The molecule has 2 amide bonds. The Kier molecular flexibility index (Phi) is 10.9. The molecule has 4 atom stereocenters. The van der Waals surface area contributed by atoms with Crippen LogP contribution in [-0.4, -0.2) is 73.4 Å². The van der Waals surface area contributed by atoms with Gasteiger partial charge in [0.25, 0.3) is 0 Å². The van der Waals surface area contributed by atoms with Gasteiger partial charge >= 0.3 is 12.1 Å². The van der Waals surface area contributed by atoms with Crippen molar-refractivity contribution >= 4 is 24.2 Å². The molecule has 4 unspecified atom stereocenters. The summed E-state index contributed by atoms with van der Waals surface area (Å²) in [5, 5.41) is 20.7. The Morgan fingerprint density at radius 3 is 2.83 bits per heavy atom. The van der Waals surface area contributed by atoms with Gasteiger partial charge in [-0.2, -0.15) is 5.48 Å². The maximum absolute atomic E-state index is 12.3. The topological polar surface area (TPSA) is 162 Å². The molecule has 1 saturated heterocycles. The number of ether oxygens (including phenoxy) is 1. The SMILES string of the molecule is O=C(CC1CC(CCCNC2N=CCCN2)NO1)NCC(NC(=O)OCc1ccccc1)C(=O)O. The highest BCUT2D eigenvalue weighted by Gasteiger charge is 2.28. The van der Waals surface area contributed by atoms with Crippen molar-refractivity contribution in [3.05, 3.63) is 35.9 Å². The lowest BCUT2D eigenvalue weighted by molar-refractivity contribution is -0.139. The van der Waals surface area contributed by atoms with Crippen molar-refractivity contribution in [1.29, 1.82) is 0 Å². The fraction of sp³-hybridized carbons (Fsp3) is 0.565. The molecule has 0 spiro atoms. The molecule has 1 fully saturated rings. The molecule has 0 radical (unpaired) electrons. The Bertz CT molecular complexity index is 854. The number of aliphatic carboxylic acids is 1. The summed E-state index contributed by atoms with van der Waals surface area (Å²) in [6.07, 6.45) is 4.26. The smallest absolute Gasteiger partial charge is 0.408 e. The number of hydrogen-bond donors (Lipinski definition) is 6. The Balaban J connectivity index is 1.28. The summed E-state index contributed by atoms with van der Waals surface area (Å²) in [7, 11) is 0. The number of rotatable bonds is 13. The number of carboxylic acids is 1. The Morgan fingerprint density at radius 2 is 2.09 bits per heavy atom. The zero-order valence-electron chi connectivity index (χ0n) is 19.6. The van der Waals surface area contributed by atoms with Gasteiger partial charge in [-0.05, 0) is 37.8 Å². The van der Waals surface area contributed by atoms with E-state index in [0.29, 0.717) is 6.42 Å². The maximum atomic E-state index is 12.3. The lowest BCUT2D eigenvalue weighted by Gasteiger charge is -2.19. The first-order valence-corrected chi connectivity index (χ1v) is 11.9. The number of hydrogen-bond acceptors (Lipinski definition) is 9. The first-order chi connectivity index (χ1) is 17.0. The standard InChI is InChI=1S/C23H34N6O6/c30-20(13-18-12-17(29-35-18)8-4-9-24-22-25-10-5-11-26-22)27-14-19(21(31)32)28-23(33)34-15-16-6-2-1-3-7-16/h1-3,6-7,10,17-19,22,24,26,29H,4-5,8-9,11-15H2,(H,27,30)(H,28,33)(H,31,32). The number of carbonyl (C=O) groups is 3. The fourth-order valence-corrected chi connectivity index (χ4v) is 3.74. The van der Waals surface area contributed by atoms with Gasteiger partial charge in [0.2, 0.25) is 5.91 Å². The lowest BCUT2D eigenvalue weighted by atomic mass is 10.0. The van der Waals surface area contributed by atoms with Crippen LogP contribution in [0.3, 0.4) is 0 Å². The highest BCUT2D eigenvalue weighted by Crippen LogP contribution is 2.17. The minimum Gasteiger partial charge on any atom is -0.480 e. The molecule has 12 heteroatoms. The van der Waals surface area contributed by atoms with Crippen molar-refractivity contribution in [3.8, 4) is 0 Å². The van der Waals surface area contributed by atoms with Crippen LogP contribution in [0, 0.1) is 0 Å². The van der Waals surface area contributed by atoms with Crippen LogP contribution >= 0.6 is 0 Å². The number of nitrogens with zero attached hydrogens (tertiary/aromatic N) is 1. The first kappa shape index (κ1) is 26.5. The van der Waals surface area contributed by atoms with E-state index in [-0.39, 0.29) is 43.9 Å². The lowest BCUT2D eigenvalue weighted by Crippen LogP contribution is -2.48. The van der Waals surface area contributed by atoms with Crippen molar-refractivity contribution < 1.29 is 29.1 Å². The number of amides is 2. The zero-order valence-corrected chi connectivity index (χ0v) is 19.6. The molecule has 1 aromatic carbocycles. The second kappa shape index (κ2) is 14.4. The van der Waals surface area contributed by atoms with Crippen LogP contribution in [0.4, 0.5) is 4.79 Å². The molecule has 6 N–H and O–H groups in total. The molecule has 1 aromatic rings. The third-order valence-electron chi connectivity index (χ3n) is 5.60. The van der Waals surface area contributed by atoms with Crippen LogP contribution < -0.4 is 26.7 Å². The number of alkyl carbamates (subject to hydrolysis) is 1. The van der Waals surface area contributed by atoms with Crippen LogP contribution in [0.15, 0.2) is 35.3 Å². The molecule has 0 aliphatic carbocycles. The molecule has 3 rings (SSSR count). The molecule has 2 aliphatic rings. The van der Waals surface area contributed by atoms with Gasteiger partial charge in [0, 0.05) is 25.3 Å². The van der Waals surface area contributed by atoms with Crippen LogP contribution in [0.1, 0.15) is 37.7 Å². The summed E-state index contributed by atoms with van der Waals surface area (Å²) >= 11 is 0. The summed E-state index contributed by atoms with van der Waals surface area (Å²) in [4.78, 5) is 45.5. The van der Waals surface area contributed by atoms with Gasteiger partial charge in [0.05, 0.1) is 12.5 Å². The van der Waals surface area contributed by atoms with E-state index in [1.165, 1.54) is 0 Å². The van der Waals surface area contributed by atoms with E-state index in [2.05, 4.69) is 31.7 Å². The number of hydroxylamine groups is 1. The molecule has 192 valence electrons. The monoisotopic (exact) mass is 490 g/mol. The second-order valence-corrected chi connectivity index (χ2v) is 8.47. The van der Waals surface area contributed by atoms with Crippen molar-refractivity contribution in [2.75, 3.05) is 19.6 Å². The van der Waals surface area contributed by atoms with Crippen molar-refractivity contribution in [3.63, 3.8) is 0 Å².